The maximum atomic E-state index is 10.1. The third kappa shape index (κ3) is 5.59. The number of furan rings is 1. The Morgan fingerprint density at radius 2 is 2.18 bits per heavy atom. The monoisotopic (exact) mass is 306 g/mol. The minimum absolute atomic E-state index is 0.287. The summed E-state index contributed by atoms with van der Waals surface area (Å²) in [4.78, 5) is 2.51. The van der Waals surface area contributed by atoms with Gasteiger partial charge in [0.1, 0.15) is 11.9 Å². The van der Waals surface area contributed by atoms with Crippen LogP contribution >= 0.6 is 0 Å². The summed E-state index contributed by atoms with van der Waals surface area (Å²) in [7, 11) is 0. The predicted molar refractivity (Wildman–Crippen MR) is 89.8 cm³/mol. The van der Waals surface area contributed by atoms with Gasteiger partial charge in [0.15, 0.2) is 0 Å². The van der Waals surface area contributed by atoms with E-state index in [1.165, 1.54) is 18.4 Å². The second kappa shape index (κ2) is 8.51. The molecule has 4 heteroatoms. The molecule has 0 spiro atoms. The number of aliphatic hydroxyl groups is 1. The van der Waals surface area contributed by atoms with Crippen LogP contribution < -0.4 is 5.32 Å². The molecule has 2 unspecified atom stereocenters. The Morgan fingerprint density at radius 1 is 1.45 bits per heavy atom. The van der Waals surface area contributed by atoms with E-state index in [9.17, 15) is 5.11 Å². The van der Waals surface area contributed by atoms with E-state index >= 15 is 0 Å². The Labute approximate surface area is 134 Å². The van der Waals surface area contributed by atoms with E-state index in [-0.39, 0.29) is 6.04 Å². The van der Waals surface area contributed by atoms with Gasteiger partial charge in [0.25, 0.3) is 0 Å². The Hall–Kier alpha value is -1.10. The molecule has 2 rings (SSSR count). The van der Waals surface area contributed by atoms with E-state index in [0.717, 1.165) is 19.6 Å². The van der Waals surface area contributed by atoms with Crippen LogP contribution in [-0.2, 0) is 0 Å². The van der Waals surface area contributed by atoms with Crippen molar-refractivity contribution < 1.29 is 9.52 Å². The van der Waals surface area contributed by atoms with Gasteiger partial charge in [-0.3, -0.25) is 4.90 Å². The van der Waals surface area contributed by atoms with E-state index in [1.54, 1.807) is 6.26 Å². The molecule has 124 valence electrons. The Bertz CT molecular complexity index is 444. The minimum Gasteiger partial charge on any atom is -0.467 e. The van der Waals surface area contributed by atoms with Crippen LogP contribution in [0.4, 0.5) is 0 Å². The van der Waals surface area contributed by atoms with Gasteiger partial charge in [-0.15, -0.1) is 0 Å². The molecule has 4 nitrogen and oxygen atoms in total. The topological polar surface area (TPSA) is 48.6 Å². The van der Waals surface area contributed by atoms with Crippen molar-refractivity contribution in [2.45, 2.75) is 58.2 Å². The lowest BCUT2D eigenvalue weighted by Crippen LogP contribution is -2.45. The van der Waals surface area contributed by atoms with E-state index in [4.69, 9.17) is 4.42 Å². The summed E-state index contributed by atoms with van der Waals surface area (Å²) in [6.45, 7) is 9.81. The van der Waals surface area contributed by atoms with Crippen molar-refractivity contribution in [3.05, 3.63) is 35.8 Å². The molecular formula is C18H30N2O2. The number of aliphatic hydroxyl groups excluding tert-OH is 1. The van der Waals surface area contributed by atoms with Crippen LogP contribution in [0, 0.1) is 0 Å². The molecule has 2 N–H and O–H groups in total. The molecule has 22 heavy (non-hydrogen) atoms. The van der Waals surface area contributed by atoms with Gasteiger partial charge in [0.2, 0.25) is 0 Å². The molecule has 1 fully saturated rings. The summed E-state index contributed by atoms with van der Waals surface area (Å²) in [5, 5.41) is 13.8. The average molecular weight is 306 g/mol. The van der Waals surface area contributed by atoms with Gasteiger partial charge in [-0.1, -0.05) is 11.6 Å². The largest absolute Gasteiger partial charge is 0.467 e. The SMILES string of the molecule is CC(C)=CCN1CCC(NC(C)CC(O)c2ccco2)CC1. The Kier molecular flexibility index (Phi) is 6.68. The zero-order valence-corrected chi connectivity index (χ0v) is 14.1. The Balaban J connectivity index is 1.68. The molecule has 2 atom stereocenters. The van der Waals surface area contributed by atoms with E-state index in [2.05, 4.69) is 37.1 Å². The fourth-order valence-corrected chi connectivity index (χ4v) is 3.00. The lowest BCUT2D eigenvalue weighted by atomic mass is 10.0. The second-order valence-corrected chi connectivity index (χ2v) is 6.69. The first-order valence-electron chi connectivity index (χ1n) is 8.38. The number of allylic oxidation sites excluding steroid dienone is 1. The minimum atomic E-state index is -0.518. The normalized spacial score (nSPS) is 19.8. The van der Waals surface area contributed by atoms with Crippen molar-refractivity contribution in [2.24, 2.45) is 0 Å². The van der Waals surface area contributed by atoms with Gasteiger partial charge in [-0.25, -0.2) is 0 Å². The molecule has 0 aliphatic carbocycles. The maximum Gasteiger partial charge on any atom is 0.132 e. The summed E-state index contributed by atoms with van der Waals surface area (Å²) in [6.07, 6.45) is 6.44. The first kappa shape index (κ1) is 17.3. The van der Waals surface area contributed by atoms with Crippen LogP contribution in [0.25, 0.3) is 0 Å². The highest BCUT2D eigenvalue weighted by molar-refractivity contribution is 5.02. The van der Waals surface area contributed by atoms with E-state index < -0.39 is 6.10 Å². The summed E-state index contributed by atoms with van der Waals surface area (Å²) in [5.74, 6) is 0.658. The molecule has 0 bridgehead atoms. The van der Waals surface area contributed by atoms with Gasteiger partial charge in [-0.2, -0.15) is 0 Å². The number of nitrogens with zero attached hydrogens (tertiary/aromatic N) is 1. The van der Waals surface area contributed by atoms with Crippen molar-refractivity contribution in [3.8, 4) is 0 Å². The third-order valence-electron chi connectivity index (χ3n) is 4.31. The zero-order chi connectivity index (χ0) is 15.9. The number of nitrogens with one attached hydrogen (secondary N) is 1. The quantitative estimate of drug-likeness (QED) is 0.760. The Morgan fingerprint density at radius 3 is 2.77 bits per heavy atom. The van der Waals surface area contributed by atoms with Gasteiger partial charge < -0.3 is 14.8 Å². The van der Waals surface area contributed by atoms with Crippen molar-refractivity contribution in [3.63, 3.8) is 0 Å². The summed E-state index contributed by atoms with van der Waals surface area (Å²) in [5.41, 5.74) is 1.39. The number of rotatable bonds is 7. The lowest BCUT2D eigenvalue weighted by Gasteiger charge is -2.33. The average Bonchev–Trinajstić information content (AvgIpc) is 3.00. The smallest absolute Gasteiger partial charge is 0.132 e. The number of likely N-dealkylation sites (tertiary alicyclic amines) is 1. The summed E-state index contributed by atoms with van der Waals surface area (Å²) in [6, 6.07) is 4.49. The zero-order valence-electron chi connectivity index (χ0n) is 14.1. The highest BCUT2D eigenvalue weighted by Crippen LogP contribution is 2.19. The van der Waals surface area contributed by atoms with Gasteiger partial charge in [0.05, 0.1) is 6.26 Å². The van der Waals surface area contributed by atoms with E-state index in [0.29, 0.717) is 18.2 Å². The van der Waals surface area contributed by atoms with Crippen LogP contribution in [0.2, 0.25) is 0 Å². The highest BCUT2D eigenvalue weighted by Gasteiger charge is 2.21. The second-order valence-electron chi connectivity index (χ2n) is 6.69. The molecule has 0 saturated carbocycles. The third-order valence-corrected chi connectivity index (χ3v) is 4.31. The van der Waals surface area contributed by atoms with Crippen molar-refractivity contribution >= 4 is 0 Å². The molecular weight excluding hydrogens is 276 g/mol. The van der Waals surface area contributed by atoms with E-state index in [1.807, 2.05) is 12.1 Å². The molecule has 0 amide bonds. The van der Waals surface area contributed by atoms with Crippen LogP contribution in [0.1, 0.15) is 51.9 Å². The number of hydrogen-bond acceptors (Lipinski definition) is 4. The maximum absolute atomic E-state index is 10.1. The highest BCUT2D eigenvalue weighted by atomic mass is 16.4. The van der Waals surface area contributed by atoms with Gasteiger partial charge in [-0.05, 0) is 65.3 Å². The molecule has 1 aliphatic rings. The lowest BCUT2D eigenvalue weighted by molar-refractivity contribution is 0.122. The van der Waals surface area contributed by atoms with Crippen molar-refractivity contribution in [1.82, 2.24) is 10.2 Å². The molecule has 0 aromatic carbocycles. The molecule has 1 aliphatic heterocycles. The molecule has 1 aromatic rings. The first-order chi connectivity index (χ1) is 10.5. The van der Waals surface area contributed by atoms with Crippen molar-refractivity contribution in [1.29, 1.82) is 0 Å². The molecule has 0 radical (unpaired) electrons. The number of hydrogen-bond donors (Lipinski definition) is 2. The first-order valence-corrected chi connectivity index (χ1v) is 8.38. The van der Waals surface area contributed by atoms with Gasteiger partial charge >= 0.3 is 0 Å². The summed E-state index contributed by atoms with van der Waals surface area (Å²) < 4.78 is 5.26. The standard InChI is InChI=1S/C18H30N2O2/c1-14(2)6-9-20-10-7-16(8-11-20)19-15(3)13-17(21)18-5-4-12-22-18/h4-6,12,15-17,19,21H,7-11,13H2,1-3H3. The van der Waals surface area contributed by atoms with Crippen LogP contribution in [0.3, 0.4) is 0 Å². The predicted octanol–water partition coefficient (Wildman–Crippen LogP) is 3.11. The molecule has 1 saturated heterocycles. The number of piperidine rings is 1. The van der Waals surface area contributed by atoms with Crippen LogP contribution in [-0.4, -0.2) is 41.7 Å². The molecule has 1 aromatic heterocycles. The fraction of sp³-hybridized carbons (Fsp3) is 0.667. The van der Waals surface area contributed by atoms with Crippen molar-refractivity contribution in [2.75, 3.05) is 19.6 Å². The van der Waals surface area contributed by atoms with Gasteiger partial charge in [0, 0.05) is 18.6 Å². The fourth-order valence-electron chi connectivity index (χ4n) is 3.00. The van der Waals surface area contributed by atoms with Crippen LogP contribution in [0.5, 0.6) is 0 Å². The molecule has 2 heterocycles. The summed E-state index contributed by atoms with van der Waals surface area (Å²) >= 11 is 0. The van der Waals surface area contributed by atoms with Crippen LogP contribution in [0.15, 0.2) is 34.5 Å².